The zero-order valence-corrected chi connectivity index (χ0v) is 13.6. The number of nitrogen functional groups attached to an aromatic ring is 1. The Hall–Kier alpha value is -1.57. The largest absolute Gasteiger partial charge is 0.444 e. The van der Waals surface area contributed by atoms with Gasteiger partial charge in [0, 0.05) is 24.0 Å². The zero-order valence-electron chi connectivity index (χ0n) is 12.8. The van der Waals surface area contributed by atoms with Crippen molar-refractivity contribution in [2.45, 2.75) is 45.0 Å². The molecule has 22 heavy (non-hydrogen) atoms. The van der Waals surface area contributed by atoms with Gasteiger partial charge in [0.1, 0.15) is 16.9 Å². The summed E-state index contributed by atoms with van der Waals surface area (Å²) in [6.07, 6.45) is -1.47. The molecule has 8 heteroatoms. The van der Waals surface area contributed by atoms with Crippen LogP contribution in [0.25, 0.3) is 0 Å². The molecule has 1 aromatic heterocycles. The Bertz CT molecular complexity index is 519. The smallest absolute Gasteiger partial charge is 0.407 e. The van der Waals surface area contributed by atoms with Crippen LogP contribution in [0.3, 0.4) is 0 Å². The number of amides is 1. The molecule has 2 atom stereocenters. The molecular weight excluding hydrogens is 310 g/mol. The predicted octanol–water partition coefficient (Wildman–Crippen LogP) is 1.63. The van der Waals surface area contributed by atoms with Crippen LogP contribution in [0.1, 0.15) is 38.9 Å². The van der Waals surface area contributed by atoms with Gasteiger partial charge in [-0.1, -0.05) is 11.6 Å². The van der Waals surface area contributed by atoms with Crippen molar-refractivity contribution < 1.29 is 19.7 Å². The van der Waals surface area contributed by atoms with Gasteiger partial charge in [0.05, 0.1) is 6.10 Å². The minimum absolute atomic E-state index is 0.127. The molecule has 0 saturated heterocycles. The molecule has 1 heterocycles. The number of anilines is 1. The maximum absolute atomic E-state index is 11.4. The number of hydrogen-bond donors (Lipinski definition) is 4. The molecule has 1 aromatic rings. The first-order valence-electron chi connectivity index (χ1n) is 6.84. The van der Waals surface area contributed by atoms with Gasteiger partial charge < -0.3 is 26.0 Å². The Labute approximate surface area is 134 Å². The quantitative estimate of drug-likeness (QED) is 0.609. The standard InChI is InChI=1S/C14H22ClN3O4/c1-14(2,3)22-13(21)17-5-4-10(19)12(20)8-7-18-11(15)6-9(8)16/h6-7,10,12,19-20H,4-5H2,1-3H3,(H2,16,18)(H,17,21). The van der Waals surface area contributed by atoms with Crippen LogP contribution >= 0.6 is 11.6 Å². The van der Waals surface area contributed by atoms with Crippen molar-refractivity contribution in [1.29, 1.82) is 0 Å². The summed E-state index contributed by atoms with van der Waals surface area (Å²) in [5.41, 5.74) is 5.66. The third kappa shape index (κ3) is 6.05. The summed E-state index contributed by atoms with van der Waals surface area (Å²) in [5, 5.41) is 22.7. The second-order valence-electron chi connectivity index (χ2n) is 5.87. The van der Waals surface area contributed by atoms with E-state index in [1.807, 2.05) is 0 Å². The van der Waals surface area contributed by atoms with Gasteiger partial charge in [-0.3, -0.25) is 0 Å². The van der Waals surface area contributed by atoms with Crippen molar-refractivity contribution in [2.24, 2.45) is 0 Å². The summed E-state index contributed by atoms with van der Waals surface area (Å²) < 4.78 is 5.06. The van der Waals surface area contributed by atoms with E-state index in [-0.39, 0.29) is 29.4 Å². The number of carbonyl (C=O) groups is 1. The highest BCUT2D eigenvalue weighted by Crippen LogP contribution is 2.25. The van der Waals surface area contributed by atoms with Crippen LogP contribution < -0.4 is 11.1 Å². The Kier molecular flexibility index (Phi) is 6.40. The highest BCUT2D eigenvalue weighted by Gasteiger charge is 2.22. The lowest BCUT2D eigenvalue weighted by atomic mass is 10.0. The lowest BCUT2D eigenvalue weighted by Crippen LogP contribution is -2.34. The van der Waals surface area contributed by atoms with Crippen molar-refractivity contribution in [3.05, 3.63) is 23.0 Å². The average molecular weight is 332 g/mol. The van der Waals surface area contributed by atoms with Gasteiger partial charge in [0.2, 0.25) is 0 Å². The van der Waals surface area contributed by atoms with Crippen molar-refractivity contribution in [2.75, 3.05) is 12.3 Å². The Morgan fingerprint density at radius 2 is 2.14 bits per heavy atom. The van der Waals surface area contributed by atoms with Crippen molar-refractivity contribution in [1.82, 2.24) is 10.3 Å². The molecule has 1 amide bonds. The third-order valence-corrected chi connectivity index (χ3v) is 2.93. The van der Waals surface area contributed by atoms with Crippen LogP contribution in [0.5, 0.6) is 0 Å². The summed E-state index contributed by atoms with van der Waals surface area (Å²) in [6, 6.07) is 1.39. The number of aromatic nitrogens is 1. The Morgan fingerprint density at radius 3 is 2.68 bits per heavy atom. The first-order chi connectivity index (χ1) is 10.1. The Morgan fingerprint density at radius 1 is 1.50 bits per heavy atom. The molecule has 0 bridgehead atoms. The fourth-order valence-electron chi connectivity index (χ4n) is 1.70. The molecule has 0 radical (unpaired) electrons. The number of halogens is 1. The number of aliphatic hydroxyl groups is 2. The number of nitrogens with two attached hydrogens (primary N) is 1. The SMILES string of the molecule is CC(C)(C)OC(=O)NCCC(O)C(O)c1cnc(Cl)cc1N. The number of aliphatic hydroxyl groups excluding tert-OH is 2. The van der Waals surface area contributed by atoms with Gasteiger partial charge in [0.25, 0.3) is 0 Å². The minimum atomic E-state index is -1.22. The van der Waals surface area contributed by atoms with Crippen molar-refractivity contribution >= 4 is 23.4 Å². The van der Waals surface area contributed by atoms with Gasteiger partial charge in [-0.25, -0.2) is 9.78 Å². The predicted molar refractivity (Wildman–Crippen MR) is 83.5 cm³/mol. The Balaban J connectivity index is 2.48. The fourth-order valence-corrected chi connectivity index (χ4v) is 1.87. The van der Waals surface area contributed by atoms with E-state index >= 15 is 0 Å². The molecular formula is C14H22ClN3O4. The molecule has 124 valence electrons. The molecule has 0 spiro atoms. The summed E-state index contributed by atoms with van der Waals surface area (Å²) in [6.45, 7) is 5.40. The van der Waals surface area contributed by atoms with E-state index in [4.69, 9.17) is 22.1 Å². The average Bonchev–Trinajstić information content (AvgIpc) is 2.35. The molecule has 1 rings (SSSR count). The first kappa shape index (κ1) is 18.5. The molecule has 0 aliphatic heterocycles. The van der Waals surface area contributed by atoms with Crippen LogP contribution in [0.4, 0.5) is 10.5 Å². The van der Waals surface area contributed by atoms with E-state index in [2.05, 4.69) is 10.3 Å². The molecule has 0 saturated carbocycles. The van der Waals surface area contributed by atoms with Gasteiger partial charge in [-0.2, -0.15) is 0 Å². The molecule has 0 aliphatic rings. The van der Waals surface area contributed by atoms with Crippen LogP contribution in [-0.4, -0.2) is 39.5 Å². The van der Waals surface area contributed by atoms with E-state index in [1.165, 1.54) is 12.3 Å². The highest BCUT2D eigenvalue weighted by molar-refractivity contribution is 6.29. The maximum atomic E-state index is 11.4. The topological polar surface area (TPSA) is 118 Å². The summed E-state index contributed by atoms with van der Waals surface area (Å²) in [4.78, 5) is 15.3. The molecule has 7 nitrogen and oxygen atoms in total. The lowest BCUT2D eigenvalue weighted by molar-refractivity contribution is 0.0125. The number of rotatable bonds is 5. The number of carbonyl (C=O) groups excluding carboxylic acids is 1. The molecule has 0 fully saturated rings. The van der Waals surface area contributed by atoms with Gasteiger partial charge >= 0.3 is 6.09 Å². The number of alkyl carbamates (subject to hydrolysis) is 1. The number of pyridine rings is 1. The zero-order chi connectivity index (χ0) is 16.9. The van der Waals surface area contributed by atoms with E-state index < -0.39 is 23.9 Å². The van der Waals surface area contributed by atoms with E-state index in [0.717, 1.165) is 0 Å². The summed E-state index contributed by atoms with van der Waals surface area (Å²) >= 11 is 5.68. The number of hydrogen-bond acceptors (Lipinski definition) is 6. The normalized spacial score (nSPS) is 14.3. The van der Waals surface area contributed by atoms with Crippen molar-refractivity contribution in [3.8, 4) is 0 Å². The summed E-state index contributed by atoms with van der Waals surface area (Å²) in [7, 11) is 0. The van der Waals surface area contributed by atoms with Crippen LogP contribution in [0.2, 0.25) is 5.15 Å². The lowest BCUT2D eigenvalue weighted by Gasteiger charge is -2.21. The van der Waals surface area contributed by atoms with E-state index in [9.17, 15) is 15.0 Å². The second kappa shape index (κ2) is 7.62. The van der Waals surface area contributed by atoms with Crippen LogP contribution in [0.15, 0.2) is 12.3 Å². The summed E-state index contributed by atoms with van der Waals surface area (Å²) in [5.74, 6) is 0. The van der Waals surface area contributed by atoms with E-state index in [0.29, 0.717) is 0 Å². The third-order valence-electron chi connectivity index (χ3n) is 2.73. The number of nitrogens with one attached hydrogen (secondary N) is 1. The highest BCUT2D eigenvalue weighted by atomic mass is 35.5. The molecule has 5 N–H and O–H groups in total. The van der Waals surface area contributed by atoms with Crippen LogP contribution in [0, 0.1) is 0 Å². The minimum Gasteiger partial charge on any atom is -0.444 e. The first-order valence-corrected chi connectivity index (χ1v) is 7.22. The molecule has 0 aromatic carbocycles. The number of ether oxygens (including phenoxy) is 1. The number of nitrogens with zero attached hydrogens (tertiary/aromatic N) is 1. The van der Waals surface area contributed by atoms with Crippen molar-refractivity contribution in [3.63, 3.8) is 0 Å². The molecule has 2 unspecified atom stereocenters. The fraction of sp³-hybridized carbons (Fsp3) is 0.571. The maximum Gasteiger partial charge on any atom is 0.407 e. The molecule has 0 aliphatic carbocycles. The van der Waals surface area contributed by atoms with Gasteiger partial charge in [-0.05, 0) is 33.3 Å². The van der Waals surface area contributed by atoms with Gasteiger partial charge in [-0.15, -0.1) is 0 Å². The van der Waals surface area contributed by atoms with E-state index in [1.54, 1.807) is 20.8 Å². The monoisotopic (exact) mass is 331 g/mol. The van der Waals surface area contributed by atoms with Crippen LogP contribution in [-0.2, 0) is 4.74 Å². The van der Waals surface area contributed by atoms with Gasteiger partial charge in [0.15, 0.2) is 0 Å². The second-order valence-corrected chi connectivity index (χ2v) is 6.25.